The second-order valence-corrected chi connectivity index (χ2v) is 7.63. The van der Waals surface area contributed by atoms with Crippen molar-refractivity contribution in [1.29, 1.82) is 0 Å². The first-order valence-corrected chi connectivity index (χ1v) is 10.6. The van der Waals surface area contributed by atoms with Gasteiger partial charge in [0.2, 0.25) is 0 Å². The molecule has 3 N–H and O–H groups in total. The lowest BCUT2D eigenvalue weighted by atomic mass is 10.1. The van der Waals surface area contributed by atoms with E-state index in [0.717, 1.165) is 38.4 Å². The number of nitrogens with one attached hydrogen (secondary N) is 1. The number of nitrogens with two attached hydrogens (primary N) is 1. The maximum absolute atomic E-state index is 12.9. The van der Waals surface area contributed by atoms with E-state index in [1.165, 1.54) is 5.56 Å². The van der Waals surface area contributed by atoms with Crippen LogP contribution in [0.1, 0.15) is 16.1 Å². The summed E-state index contributed by atoms with van der Waals surface area (Å²) in [7, 11) is 3.08. The minimum absolute atomic E-state index is 0.0479. The van der Waals surface area contributed by atoms with E-state index >= 15 is 0 Å². The molecule has 172 valence electrons. The van der Waals surface area contributed by atoms with Gasteiger partial charge in [-0.15, -0.1) is 0 Å². The molecule has 3 aromatic rings. The summed E-state index contributed by atoms with van der Waals surface area (Å²) in [4.78, 5) is 23.9. The number of aromatic nitrogens is 2. The van der Waals surface area contributed by atoms with Gasteiger partial charge in [0.05, 0.1) is 39.3 Å². The number of nitrogen functional groups attached to an aromatic ring is 1. The van der Waals surface area contributed by atoms with E-state index in [9.17, 15) is 4.79 Å². The smallest absolute Gasteiger partial charge is 0.278 e. The number of methoxy groups -OCH3 is 2. The molecule has 9 nitrogen and oxygen atoms in total. The fraction of sp³-hybridized carbons (Fsp3) is 0.292. The van der Waals surface area contributed by atoms with Gasteiger partial charge in [-0.25, -0.2) is 9.97 Å². The van der Waals surface area contributed by atoms with Crippen LogP contribution >= 0.6 is 0 Å². The number of nitrogens with zero attached hydrogens (tertiary/aromatic N) is 3. The van der Waals surface area contributed by atoms with Crippen LogP contribution in [0.4, 0.5) is 11.5 Å². The molecule has 0 unspecified atom stereocenters. The average molecular weight is 450 g/mol. The van der Waals surface area contributed by atoms with E-state index in [1.54, 1.807) is 38.6 Å². The van der Waals surface area contributed by atoms with Gasteiger partial charge >= 0.3 is 0 Å². The predicted molar refractivity (Wildman–Crippen MR) is 125 cm³/mol. The van der Waals surface area contributed by atoms with Gasteiger partial charge < -0.3 is 25.3 Å². The van der Waals surface area contributed by atoms with Crippen molar-refractivity contribution in [3.63, 3.8) is 0 Å². The van der Waals surface area contributed by atoms with Crippen LogP contribution in [0.3, 0.4) is 0 Å². The number of hydrogen-bond donors (Lipinski definition) is 2. The van der Waals surface area contributed by atoms with Crippen molar-refractivity contribution in [2.75, 3.05) is 51.6 Å². The maximum Gasteiger partial charge on any atom is 0.278 e. The molecule has 0 atom stereocenters. The van der Waals surface area contributed by atoms with Crippen molar-refractivity contribution in [1.82, 2.24) is 14.9 Å². The minimum atomic E-state index is -0.471. The zero-order valence-corrected chi connectivity index (χ0v) is 18.7. The summed E-state index contributed by atoms with van der Waals surface area (Å²) in [6, 6.07) is 13.2. The highest BCUT2D eigenvalue weighted by molar-refractivity contribution is 6.06. The molecule has 1 fully saturated rings. The summed E-state index contributed by atoms with van der Waals surface area (Å²) < 4.78 is 15.9. The molecule has 0 bridgehead atoms. The van der Waals surface area contributed by atoms with E-state index < -0.39 is 5.91 Å². The number of amides is 1. The van der Waals surface area contributed by atoms with Crippen molar-refractivity contribution in [3.8, 4) is 22.8 Å². The van der Waals surface area contributed by atoms with E-state index in [2.05, 4.69) is 32.3 Å². The Labute approximate surface area is 192 Å². The third-order valence-corrected chi connectivity index (χ3v) is 5.38. The summed E-state index contributed by atoms with van der Waals surface area (Å²) in [5.74, 6) is 0.681. The van der Waals surface area contributed by atoms with Gasteiger partial charge in [0.1, 0.15) is 11.5 Å². The lowest BCUT2D eigenvalue weighted by molar-refractivity contribution is 0.0342. The van der Waals surface area contributed by atoms with Gasteiger partial charge in [0, 0.05) is 49.1 Å². The highest BCUT2D eigenvalue weighted by Crippen LogP contribution is 2.27. The molecule has 2 heterocycles. The van der Waals surface area contributed by atoms with Crippen LogP contribution in [0.2, 0.25) is 0 Å². The Hall–Kier alpha value is -3.69. The van der Waals surface area contributed by atoms with Gasteiger partial charge in [-0.05, 0) is 5.56 Å². The Balaban J connectivity index is 1.51. The van der Waals surface area contributed by atoms with Gasteiger partial charge in [-0.3, -0.25) is 9.69 Å². The summed E-state index contributed by atoms with van der Waals surface area (Å²) in [5, 5.41) is 2.78. The molecule has 0 spiro atoms. The van der Waals surface area contributed by atoms with Crippen molar-refractivity contribution in [2.45, 2.75) is 6.54 Å². The first-order chi connectivity index (χ1) is 16.1. The molecule has 4 rings (SSSR count). The monoisotopic (exact) mass is 449 g/mol. The normalized spacial score (nSPS) is 14.0. The molecule has 1 amide bonds. The fourth-order valence-electron chi connectivity index (χ4n) is 3.57. The van der Waals surface area contributed by atoms with Crippen LogP contribution in [-0.2, 0) is 11.3 Å². The largest absolute Gasteiger partial charge is 0.497 e. The summed E-state index contributed by atoms with van der Waals surface area (Å²) in [5.41, 5.74) is 9.13. The summed E-state index contributed by atoms with van der Waals surface area (Å²) in [6.45, 7) is 4.28. The quantitative estimate of drug-likeness (QED) is 0.566. The van der Waals surface area contributed by atoms with Crippen molar-refractivity contribution in [3.05, 3.63) is 59.9 Å². The molecule has 2 aromatic carbocycles. The van der Waals surface area contributed by atoms with Crippen LogP contribution in [0.15, 0.2) is 48.7 Å². The lowest BCUT2D eigenvalue weighted by Gasteiger charge is -2.26. The van der Waals surface area contributed by atoms with E-state index in [1.807, 2.05) is 12.1 Å². The van der Waals surface area contributed by atoms with Gasteiger partial charge in [-0.1, -0.05) is 24.3 Å². The molecule has 1 saturated heterocycles. The van der Waals surface area contributed by atoms with Crippen molar-refractivity contribution in [2.24, 2.45) is 0 Å². The number of rotatable bonds is 7. The molecule has 33 heavy (non-hydrogen) atoms. The molecule has 1 aliphatic rings. The van der Waals surface area contributed by atoms with Crippen LogP contribution in [0.5, 0.6) is 11.5 Å². The van der Waals surface area contributed by atoms with Gasteiger partial charge in [0.15, 0.2) is 11.5 Å². The summed E-state index contributed by atoms with van der Waals surface area (Å²) in [6.07, 6.45) is 1.57. The lowest BCUT2D eigenvalue weighted by Crippen LogP contribution is -2.35. The average Bonchev–Trinajstić information content (AvgIpc) is 2.85. The summed E-state index contributed by atoms with van der Waals surface area (Å²) >= 11 is 0. The second-order valence-electron chi connectivity index (χ2n) is 7.63. The molecule has 1 aliphatic heterocycles. The molecular weight excluding hydrogens is 422 g/mol. The van der Waals surface area contributed by atoms with Crippen LogP contribution in [-0.4, -0.2) is 61.3 Å². The zero-order valence-electron chi connectivity index (χ0n) is 18.7. The molecule has 0 aliphatic carbocycles. The predicted octanol–water partition coefficient (Wildman–Crippen LogP) is 2.83. The molecule has 9 heteroatoms. The number of ether oxygens (including phenoxy) is 3. The van der Waals surface area contributed by atoms with Crippen LogP contribution in [0, 0.1) is 0 Å². The van der Waals surface area contributed by atoms with Gasteiger partial charge in [0.25, 0.3) is 5.91 Å². The highest BCUT2D eigenvalue weighted by Gasteiger charge is 2.16. The maximum atomic E-state index is 12.9. The first kappa shape index (κ1) is 22.5. The van der Waals surface area contributed by atoms with Crippen LogP contribution in [0.25, 0.3) is 11.3 Å². The SMILES string of the molecule is COc1cc(NC(=O)c2nc(-c3ccc(CN4CCOCC4)cc3)cnc2N)cc(OC)c1. The standard InChI is InChI=1S/C24H27N5O4/c1-31-19-11-18(12-20(13-19)32-2)27-24(30)22-23(25)26-14-21(28-22)17-5-3-16(4-6-17)15-29-7-9-33-10-8-29/h3-6,11-14H,7-10,15H2,1-2H3,(H2,25,26)(H,27,30). The Bertz CT molecular complexity index is 1090. The zero-order chi connectivity index (χ0) is 23.2. The second kappa shape index (κ2) is 10.3. The fourth-order valence-corrected chi connectivity index (χ4v) is 3.57. The number of morpholine rings is 1. The highest BCUT2D eigenvalue weighted by atomic mass is 16.5. The topological polar surface area (TPSA) is 112 Å². The third kappa shape index (κ3) is 5.57. The molecular formula is C24H27N5O4. The number of benzene rings is 2. The van der Waals surface area contributed by atoms with Crippen LogP contribution < -0.4 is 20.5 Å². The minimum Gasteiger partial charge on any atom is -0.497 e. The van der Waals surface area contributed by atoms with Crippen molar-refractivity contribution >= 4 is 17.4 Å². The Kier molecular flexibility index (Phi) is 7.01. The Morgan fingerprint density at radius 3 is 2.39 bits per heavy atom. The number of anilines is 2. The van der Waals surface area contributed by atoms with E-state index in [-0.39, 0.29) is 11.5 Å². The Morgan fingerprint density at radius 1 is 1.09 bits per heavy atom. The molecule has 1 aromatic heterocycles. The third-order valence-electron chi connectivity index (χ3n) is 5.38. The van der Waals surface area contributed by atoms with Gasteiger partial charge in [-0.2, -0.15) is 0 Å². The van der Waals surface area contributed by atoms with E-state index in [4.69, 9.17) is 19.9 Å². The molecule has 0 radical (unpaired) electrons. The molecule has 0 saturated carbocycles. The number of carbonyl (C=O) groups excluding carboxylic acids is 1. The van der Waals surface area contributed by atoms with E-state index in [0.29, 0.717) is 22.9 Å². The Morgan fingerprint density at radius 2 is 1.76 bits per heavy atom. The number of carbonyl (C=O) groups is 1. The first-order valence-electron chi connectivity index (χ1n) is 10.6. The number of hydrogen-bond acceptors (Lipinski definition) is 8. The van der Waals surface area contributed by atoms with Crippen molar-refractivity contribution < 1.29 is 19.0 Å².